The summed E-state index contributed by atoms with van der Waals surface area (Å²) in [7, 11) is 0. The molecule has 1 fully saturated rings. The van der Waals surface area contributed by atoms with Gasteiger partial charge in [-0.2, -0.15) is 0 Å². The fourth-order valence-corrected chi connectivity index (χ4v) is 1.86. The van der Waals surface area contributed by atoms with Crippen molar-refractivity contribution in [1.82, 2.24) is 9.80 Å². The zero-order chi connectivity index (χ0) is 10.6. The lowest BCUT2D eigenvalue weighted by Gasteiger charge is -2.35. The van der Waals surface area contributed by atoms with Gasteiger partial charge in [-0.15, -0.1) is 0 Å². The summed E-state index contributed by atoms with van der Waals surface area (Å²) in [6.45, 7) is 13.8. The Balaban J connectivity index is 2.22. The van der Waals surface area contributed by atoms with E-state index in [1.54, 1.807) is 0 Å². The van der Waals surface area contributed by atoms with E-state index in [1.807, 2.05) is 0 Å². The highest BCUT2D eigenvalue weighted by Gasteiger charge is 2.18. The van der Waals surface area contributed by atoms with Crippen LogP contribution in [0.15, 0.2) is 0 Å². The standard InChI is InChI=1S/C11H25N3/c1-4-13-5-7-14(8-6-13)9-10(2)11(3)12/h10-11H,4-9,12H2,1-3H3. The topological polar surface area (TPSA) is 32.5 Å². The molecule has 0 aliphatic carbocycles. The monoisotopic (exact) mass is 199 g/mol. The van der Waals surface area contributed by atoms with Crippen LogP contribution in [0.2, 0.25) is 0 Å². The summed E-state index contributed by atoms with van der Waals surface area (Å²) in [4.78, 5) is 5.05. The molecule has 1 aliphatic heterocycles. The molecule has 0 bridgehead atoms. The minimum atomic E-state index is 0.319. The lowest BCUT2D eigenvalue weighted by molar-refractivity contribution is 0.121. The summed E-state index contributed by atoms with van der Waals surface area (Å²) in [5, 5.41) is 0. The van der Waals surface area contributed by atoms with Gasteiger partial charge in [-0.05, 0) is 19.4 Å². The van der Waals surface area contributed by atoms with Gasteiger partial charge >= 0.3 is 0 Å². The Bertz CT molecular complexity index is 151. The van der Waals surface area contributed by atoms with E-state index >= 15 is 0 Å². The maximum absolute atomic E-state index is 5.87. The predicted octanol–water partition coefficient (Wildman–Crippen LogP) is 0.607. The smallest absolute Gasteiger partial charge is 0.0110 e. The third kappa shape index (κ3) is 3.56. The van der Waals surface area contributed by atoms with Crippen molar-refractivity contribution in [3.63, 3.8) is 0 Å². The maximum atomic E-state index is 5.87. The van der Waals surface area contributed by atoms with E-state index in [2.05, 4.69) is 30.6 Å². The molecule has 3 heteroatoms. The summed E-state index contributed by atoms with van der Waals surface area (Å²) in [5.74, 6) is 0.614. The van der Waals surface area contributed by atoms with Gasteiger partial charge in [0.05, 0.1) is 0 Å². The molecule has 0 aromatic carbocycles. The van der Waals surface area contributed by atoms with E-state index in [1.165, 1.54) is 32.7 Å². The van der Waals surface area contributed by atoms with Crippen LogP contribution >= 0.6 is 0 Å². The van der Waals surface area contributed by atoms with Crippen molar-refractivity contribution in [2.75, 3.05) is 39.3 Å². The van der Waals surface area contributed by atoms with Crippen LogP contribution in [0, 0.1) is 5.92 Å². The Morgan fingerprint density at radius 2 is 1.57 bits per heavy atom. The molecule has 2 unspecified atom stereocenters. The fraction of sp³-hybridized carbons (Fsp3) is 1.00. The van der Waals surface area contributed by atoms with Crippen LogP contribution in [0.25, 0.3) is 0 Å². The second-order valence-corrected chi connectivity index (χ2v) is 4.57. The van der Waals surface area contributed by atoms with E-state index in [0.717, 1.165) is 6.54 Å². The maximum Gasteiger partial charge on any atom is 0.0110 e. The van der Waals surface area contributed by atoms with Crippen molar-refractivity contribution in [2.45, 2.75) is 26.8 Å². The molecule has 1 aliphatic rings. The first-order valence-corrected chi connectivity index (χ1v) is 5.83. The van der Waals surface area contributed by atoms with Crippen LogP contribution in [-0.2, 0) is 0 Å². The van der Waals surface area contributed by atoms with Gasteiger partial charge in [-0.25, -0.2) is 0 Å². The van der Waals surface area contributed by atoms with Crippen LogP contribution in [-0.4, -0.2) is 55.1 Å². The van der Waals surface area contributed by atoms with Crippen LogP contribution in [0.1, 0.15) is 20.8 Å². The summed E-state index contributed by atoms with van der Waals surface area (Å²) >= 11 is 0. The average Bonchev–Trinajstić information content (AvgIpc) is 2.19. The molecule has 2 atom stereocenters. The second kappa shape index (κ2) is 5.69. The zero-order valence-electron chi connectivity index (χ0n) is 9.87. The Labute approximate surface area is 88.2 Å². The number of nitrogens with zero attached hydrogens (tertiary/aromatic N) is 2. The molecule has 0 aromatic heterocycles. The Hall–Kier alpha value is -0.120. The van der Waals surface area contributed by atoms with Gasteiger partial charge < -0.3 is 15.5 Å². The van der Waals surface area contributed by atoms with Crippen molar-refractivity contribution in [1.29, 1.82) is 0 Å². The van der Waals surface area contributed by atoms with E-state index in [-0.39, 0.29) is 0 Å². The van der Waals surface area contributed by atoms with E-state index in [4.69, 9.17) is 5.73 Å². The van der Waals surface area contributed by atoms with Crippen LogP contribution in [0.4, 0.5) is 0 Å². The molecule has 0 spiro atoms. The molecule has 0 saturated carbocycles. The molecular weight excluding hydrogens is 174 g/mol. The summed E-state index contributed by atoms with van der Waals surface area (Å²) in [6.07, 6.45) is 0. The molecule has 1 heterocycles. The SMILES string of the molecule is CCN1CCN(CC(C)C(C)N)CC1. The molecule has 2 N–H and O–H groups in total. The Kier molecular flexibility index (Phi) is 4.85. The van der Waals surface area contributed by atoms with Gasteiger partial charge in [0.2, 0.25) is 0 Å². The van der Waals surface area contributed by atoms with E-state index < -0.39 is 0 Å². The lowest BCUT2D eigenvalue weighted by atomic mass is 10.0. The van der Waals surface area contributed by atoms with Gasteiger partial charge in [-0.3, -0.25) is 0 Å². The number of rotatable bonds is 4. The molecule has 84 valence electrons. The summed E-state index contributed by atoms with van der Waals surface area (Å²) in [6, 6.07) is 0.319. The zero-order valence-corrected chi connectivity index (χ0v) is 9.87. The van der Waals surface area contributed by atoms with Crippen molar-refractivity contribution < 1.29 is 0 Å². The minimum Gasteiger partial charge on any atom is -0.328 e. The Morgan fingerprint density at radius 1 is 1.07 bits per heavy atom. The number of nitrogens with two attached hydrogens (primary N) is 1. The average molecular weight is 199 g/mol. The van der Waals surface area contributed by atoms with Crippen LogP contribution in [0.3, 0.4) is 0 Å². The number of piperazine rings is 1. The fourth-order valence-electron chi connectivity index (χ4n) is 1.86. The molecule has 1 saturated heterocycles. The van der Waals surface area contributed by atoms with E-state index in [9.17, 15) is 0 Å². The highest BCUT2D eigenvalue weighted by molar-refractivity contribution is 4.75. The first-order chi connectivity index (χ1) is 6.63. The first kappa shape index (κ1) is 12.0. The van der Waals surface area contributed by atoms with E-state index in [0.29, 0.717) is 12.0 Å². The van der Waals surface area contributed by atoms with Crippen molar-refractivity contribution in [3.8, 4) is 0 Å². The van der Waals surface area contributed by atoms with Crippen molar-refractivity contribution in [2.24, 2.45) is 11.7 Å². The van der Waals surface area contributed by atoms with Gasteiger partial charge in [0.25, 0.3) is 0 Å². The van der Waals surface area contributed by atoms with Gasteiger partial charge in [0.1, 0.15) is 0 Å². The molecule has 3 nitrogen and oxygen atoms in total. The van der Waals surface area contributed by atoms with Crippen LogP contribution < -0.4 is 5.73 Å². The molecule has 0 radical (unpaired) electrons. The third-order valence-electron chi connectivity index (χ3n) is 3.36. The number of hydrogen-bond acceptors (Lipinski definition) is 3. The molecule has 14 heavy (non-hydrogen) atoms. The summed E-state index contributed by atoms with van der Waals surface area (Å²) < 4.78 is 0. The Morgan fingerprint density at radius 3 is 2.00 bits per heavy atom. The highest BCUT2D eigenvalue weighted by atomic mass is 15.3. The second-order valence-electron chi connectivity index (χ2n) is 4.57. The van der Waals surface area contributed by atoms with Crippen molar-refractivity contribution in [3.05, 3.63) is 0 Å². The molecule has 1 rings (SSSR count). The van der Waals surface area contributed by atoms with Gasteiger partial charge in [-0.1, -0.05) is 13.8 Å². The van der Waals surface area contributed by atoms with Gasteiger partial charge in [0, 0.05) is 38.8 Å². The van der Waals surface area contributed by atoms with Gasteiger partial charge in [0.15, 0.2) is 0 Å². The quantitative estimate of drug-likeness (QED) is 0.720. The molecular formula is C11H25N3. The first-order valence-electron chi connectivity index (χ1n) is 5.83. The molecule has 0 amide bonds. The number of likely N-dealkylation sites (N-methyl/N-ethyl adjacent to an activating group) is 1. The predicted molar refractivity (Wildman–Crippen MR) is 61.4 cm³/mol. The molecule has 0 aromatic rings. The third-order valence-corrected chi connectivity index (χ3v) is 3.36. The lowest BCUT2D eigenvalue weighted by Crippen LogP contribution is -2.48. The number of hydrogen-bond donors (Lipinski definition) is 1. The van der Waals surface area contributed by atoms with Crippen LogP contribution in [0.5, 0.6) is 0 Å². The highest BCUT2D eigenvalue weighted by Crippen LogP contribution is 2.07. The minimum absolute atomic E-state index is 0.319. The largest absolute Gasteiger partial charge is 0.328 e. The summed E-state index contributed by atoms with van der Waals surface area (Å²) in [5.41, 5.74) is 5.87. The van der Waals surface area contributed by atoms with Crippen molar-refractivity contribution >= 4 is 0 Å². The normalized spacial score (nSPS) is 24.9.